The number of ether oxygens (including phenoxy) is 1. The second kappa shape index (κ2) is 12.3. The maximum Gasteiger partial charge on any atom is 0.573 e. The van der Waals surface area contributed by atoms with Crippen LogP contribution in [0.15, 0.2) is 48.5 Å². The van der Waals surface area contributed by atoms with E-state index in [0.29, 0.717) is 18.1 Å². The molecule has 186 valence electrons. The smallest absolute Gasteiger partial charge is 0.405 e. The molecule has 0 aliphatic heterocycles. The summed E-state index contributed by atoms with van der Waals surface area (Å²) in [5, 5.41) is 10.9. The monoisotopic (exact) mass is 517 g/mol. The van der Waals surface area contributed by atoms with Crippen LogP contribution in [0.2, 0.25) is 0 Å². The zero-order chi connectivity index (χ0) is 22.6. The fourth-order valence-electron chi connectivity index (χ4n) is 4.08. The minimum absolute atomic E-state index is 0. The molecule has 1 aliphatic rings. The first-order valence-electron chi connectivity index (χ1n) is 10.7. The number of fused-ring (bicyclic) bond motifs is 1. The summed E-state index contributed by atoms with van der Waals surface area (Å²) in [5.41, 5.74) is 1.37. The van der Waals surface area contributed by atoms with Gasteiger partial charge in [-0.25, -0.2) is 4.98 Å². The Labute approximate surface area is 208 Å². The van der Waals surface area contributed by atoms with Gasteiger partial charge in [0.1, 0.15) is 11.6 Å². The Morgan fingerprint density at radius 2 is 1.56 bits per heavy atom. The molecule has 1 fully saturated rings. The van der Waals surface area contributed by atoms with E-state index in [0.717, 1.165) is 42.4 Å². The third kappa shape index (κ3) is 7.25. The lowest BCUT2D eigenvalue weighted by Gasteiger charge is -2.30. The first-order chi connectivity index (χ1) is 15.4. The Balaban J connectivity index is 0.00000204. The van der Waals surface area contributed by atoms with Crippen molar-refractivity contribution in [1.82, 2.24) is 15.3 Å². The SMILES string of the molecule is CNc1nc(NC2CCC(NCc3ccccc3OC(F)(F)F)CC2)nc2ccccc12.Cl.Cl. The van der Waals surface area contributed by atoms with E-state index < -0.39 is 6.36 Å². The van der Waals surface area contributed by atoms with Crippen LogP contribution >= 0.6 is 24.8 Å². The number of anilines is 2. The number of rotatable bonds is 7. The topological polar surface area (TPSA) is 71.1 Å². The number of para-hydroxylation sites is 2. The number of nitrogens with zero attached hydrogens (tertiary/aromatic N) is 2. The number of aromatic nitrogens is 2. The molecule has 0 unspecified atom stereocenters. The van der Waals surface area contributed by atoms with Gasteiger partial charge in [-0.3, -0.25) is 0 Å². The Morgan fingerprint density at radius 1 is 0.912 bits per heavy atom. The van der Waals surface area contributed by atoms with E-state index in [9.17, 15) is 13.2 Å². The van der Waals surface area contributed by atoms with Crippen LogP contribution in [0.4, 0.5) is 24.9 Å². The quantitative estimate of drug-likeness (QED) is 0.361. The van der Waals surface area contributed by atoms with Gasteiger partial charge in [-0.2, -0.15) is 4.98 Å². The van der Waals surface area contributed by atoms with Crippen LogP contribution in [-0.2, 0) is 6.54 Å². The highest BCUT2D eigenvalue weighted by Gasteiger charge is 2.32. The average molecular weight is 518 g/mol. The van der Waals surface area contributed by atoms with Gasteiger partial charge in [0.15, 0.2) is 0 Å². The van der Waals surface area contributed by atoms with Crippen molar-refractivity contribution in [3.63, 3.8) is 0 Å². The predicted octanol–water partition coefficient (Wildman–Crippen LogP) is 5.93. The van der Waals surface area contributed by atoms with E-state index in [1.54, 1.807) is 12.1 Å². The highest BCUT2D eigenvalue weighted by atomic mass is 35.5. The Morgan fingerprint density at radius 3 is 2.26 bits per heavy atom. The molecule has 1 heterocycles. The van der Waals surface area contributed by atoms with Gasteiger partial charge in [0.25, 0.3) is 0 Å². The van der Waals surface area contributed by atoms with Crippen LogP contribution in [0.1, 0.15) is 31.2 Å². The lowest BCUT2D eigenvalue weighted by molar-refractivity contribution is -0.274. The largest absolute Gasteiger partial charge is 0.573 e. The van der Waals surface area contributed by atoms with Crippen molar-refractivity contribution < 1.29 is 17.9 Å². The van der Waals surface area contributed by atoms with Crippen LogP contribution in [0.25, 0.3) is 10.9 Å². The van der Waals surface area contributed by atoms with Crippen molar-refractivity contribution in [3.8, 4) is 5.75 Å². The van der Waals surface area contributed by atoms with Crippen molar-refractivity contribution in [2.75, 3.05) is 17.7 Å². The molecule has 0 radical (unpaired) electrons. The molecule has 1 aliphatic carbocycles. The maximum atomic E-state index is 12.6. The first-order valence-corrected chi connectivity index (χ1v) is 10.7. The molecule has 11 heteroatoms. The van der Waals surface area contributed by atoms with Gasteiger partial charge in [-0.05, 0) is 43.9 Å². The van der Waals surface area contributed by atoms with Crippen LogP contribution in [0, 0.1) is 0 Å². The summed E-state index contributed by atoms with van der Waals surface area (Å²) in [4.78, 5) is 9.22. The van der Waals surface area contributed by atoms with Crippen molar-refractivity contribution in [3.05, 3.63) is 54.1 Å². The van der Waals surface area contributed by atoms with Gasteiger partial charge in [0.05, 0.1) is 5.52 Å². The van der Waals surface area contributed by atoms with Crippen LogP contribution in [0.5, 0.6) is 5.75 Å². The number of benzene rings is 2. The van der Waals surface area contributed by atoms with Crippen molar-refractivity contribution in [1.29, 1.82) is 0 Å². The lowest BCUT2D eigenvalue weighted by atomic mass is 9.91. The van der Waals surface area contributed by atoms with Crippen LogP contribution in [-0.4, -0.2) is 35.5 Å². The Kier molecular flexibility index (Phi) is 10.0. The van der Waals surface area contributed by atoms with Gasteiger partial charge < -0.3 is 20.7 Å². The molecule has 4 rings (SSSR count). The van der Waals surface area contributed by atoms with Gasteiger partial charge in [-0.1, -0.05) is 30.3 Å². The minimum atomic E-state index is -4.70. The highest BCUT2D eigenvalue weighted by Crippen LogP contribution is 2.28. The summed E-state index contributed by atoms with van der Waals surface area (Å²) in [6, 6.07) is 14.6. The molecule has 0 saturated heterocycles. The zero-order valence-electron chi connectivity index (χ0n) is 18.6. The molecule has 0 bridgehead atoms. The molecule has 3 aromatic rings. The molecule has 34 heavy (non-hydrogen) atoms. The minimum Gasteiger partial charge on any atom is -0.405 e. The van der Waals surface area contributed by atoms with Crippen molar-refractivity contribution >= 4 is 47.5 Å². The lowest BCUT2D eigenvalue weighted by Crippen LogP contribution is -2.37. The Hall–Kier alpha value is -2.49. The van der Waals surface area contributed by atoms with Gasteiger partial charge in [0, 0.05) is 36.6 Å². The summed E-state index contributed by atoms with van der Waals surface area (Å²) in [5.74, 6) is 1.23. The Bertz CT molecular complexity index is 1060. The number of alkyl halides is 3. The van der Waals surface area contributed by atoms with Crippen molar-refractivity contribution in [2.24, 2.45) is 0 Å². The average Bonchev–Trinajstić information content (AvgIpc) is 2.78. The zero-order valence-corrected chi connectivity index (χ0v) is 20.2. The first kappa shape index (κ1) is 27.8. The molecule has 3 N–H and O–H groups in total. The van der Waals surface area contributed by atoms with Crippen LogP contribution in [0.3, 0.4) is 0 Å². The second-order valence-corrected chi connectivity index (χ2v) is 7.89. The standard InChI is InChI=1S/C23H26F3N5O.2ClH/c1-27-21-18-7-3-4-8-19(18)30-22(31-21)29-17-12-10-16(11-13-17)28-14-15-6-2-5-9-20(15)32-23(24,25)26;;/h2-9,16-17,28H,10-14H2,1H3,(H2,27,29,30,31);2*1H. The van der Waals surface area contributed by atoms with Crippen LogP contribution < -0.4 is 20.7 Å². The summed E-state index contributed by atoms with van der Waals surface area (Å²) >= 11 is 0. The van der Waals surface area contributed by atoms with E-state index >= 15 is 0 Å². The summed E-state index contributed by atoms with van der Waals surface area (Å²) in [6.45, 7) is 0.328. The summed E-state index contributed by atoms with van der Waals surface area (Å²) < 4.78 is 42.0. The van der Waals surface area contributed by atoms with Gasteiger partial charge >= 0.3 is 6.36 Å². The highest BCUT2D eigenvalue weighted by molar-refractivity contribution is 5.89. The van der Waals surface area contributed by atoms with E-state index in [2.05, 4.69) is 30.7 Å². The molecule has 0 spiro atoms. The maximum absolute atomic E-state index is 12.6. The number of halogens is 5. The predicted molar refractivity (Wildman–Crippen MR) is 133 cm³/mol. The third-order valence-corrected chi connectivity index (χ3v) is 5.68. The molecule has 6 nitrogen and oxygen atoms in total. The molecular formula is C23H28Cl2F3N5O. The molecule has 1 aromatic heterocycles. The van der Waals surface area contributed by atoms with E-state index in [1.165, 1.54) is 12.1 Å². The third-order valence-electron chi connectivity index (χ3n) is 5.68. The van der Waals surface area contributed by atoms with E-state index in [1.807, 2.05) is 31.3 Å². The fourth-order valence-corrected chi connectivity index (χ4v) is 4.08. The second-order valence-electron chi connectivity index (χ2n) is 7.89. The molecule has 2 aromatic carbocycles. The fraction of sp³-hybridized carbons (Fsp3) is 0.391. The van der Waals surface area contributed by atoms with Gasteiger partial charge in [0.2, 0.25) is 5.95 Å². The number of nitrogens with one attached hydrogen (secondary N) is 3. The van der Waals surface area contributed by atoms with Gasteiger partial charge in [-0.15, -0.1) is 38.0 Å². The van der Waals surface area contributed by atoms with E-state index in [-0.39, 0.29) is 42.6 Å². The molecule has 0 atom stereocenters. The molecule has 1 saturated carbocycles. The number of hydrogen-bond acceptors (Lipinski definition) is 6. The molecular weight excluding hydrogens is 490 g/mol. The van der Waals surface area contributed by atoms with Crippen molar-refractivity contribution in [2.45, 2.75) is 50.7 Å². The summed E-state index contributed by atoms with van der Waals surface area (Å²) in [6.07, 6.45) is -1.04. The normalized spacial score (nSPS) is 17.9. The number of hydrogen-bond donors (Lipinski definition) is 3. The summed E-state index contributed by atoms with van der Waals surface area (Å²) in [7, 11) is 1.84. The van der Waals surface area contributed by atoms with E-state index in [4.69, 9.17) is 0 Å². The molecule has 0 amide bonds.